The fraction of sp³-hybridized carbons (Fsp3) is 0.125. The van der Waals surface area contributed by atoms with Crippen LogP contribution < -0.4 is 0 Å². The number of pyridine rings is 1. The highest BCUT2D eigenvalue weighted by Gasteiger charge is 2.30. The number of benzene rings is 1. The van der Waals surface area contributed by atoms with Crippen LogP contribution in [0.5, 0.6) is 0 Å². The van der Waals surface area contributed by atoms with Crippen LogP contribution in [0.3, 0.4) is 0 Å². The topological polar surface area (TPSA) is 38.9 Å². The number of halogens is 3. The van der Waals surface area contributed by atoms with Gasteiger partial charge in [0.05, 0.1) is 16.3 Å². The zero-order valence-corrected chi connectivity index (χ0v) is 12.6. The summed E-state index contributed by atoms with van der Waals surface area (Å²) in [5.41, 5.74) is 0.912. The van der Waals surface area contributed by atoms with E-state index in [9.17, 15) is 13.2 Å². The van der Waals surface area contributed by atoms with Gasteiger partial charge in [-0.15, -0.1) is 0 Å². The molecule has 0 bridgehead atoms. The lowest BCUT2D eigenvalue weighted by molar-refractivity contribution is -0.137. The Balaban J connectivity index is 1.64. The lowest BCUT2D eigenvalue weighted by atomic mass is 10.1. The summed E-state index contributed by atoms with van der Waals surface area (Å²) in [6, 6.07) is 13.8. The second-order valence-electron chi connectivity index (χ2n) is 4.72. The molecule has 0 saturated heterocycles. The van der Waals surface area contributed by atoms with Crippen LogP contribution in [0.4, 0.5) is 13.2 Å². The molecule has 2 aromatic heterocycles. The monoisotopic (exact) mass is 336 g/mol. The molecule has 3 aromatic rings. The minimum atomic E-state index is -4.37. The van der Waals surface area contributed by atoms with Gasteiger partial charge in [0, 0.05) is 17.8 Å². The number of nitrogens with zero attached hydrogens (tertiary/aromatic N) is 2. The molecule has 0 aliphatic carbocycles. The quantitative estimate of drug-likeness (QED) is 0.625. The van der Waals surface area contributed by atoms with Crippen LogP contribution in [0.25, 0.3) is 11.3 Å². The lowest BCUT2D eigenvalue weighted by Crippen LogP contribution is -2.05. The van der Waals surface area contributed by atoms with Crippen molar-refractivity contribution in [2.24, 2.45) is 0 Å². The van der Waals surface area contributed by atoms with E-state index in [2.05, 4.69) is 10.1 Å². The van der Waals surface area contributed by atoms with Gasteiger partial charge in [-0.3, -0.25) is 0 Å². The largest absolute Gasteiger partial charge is 0.417 e. The van der Waals surface area contributed by atoms with Crippen LogP contribution in [0.2, 0.25) is 0 Å². The van der Waals surface area contributed by atoms with Gasteiger partial charge in [-0.25, -0.2) is 4.98 Å². The minimum absolute atomic E-state index is 0.443. The van der Waals surface area contributed by atoms with Gasteiger partial charge in [0.25, 0.3) is 0 Å². The average molecular weight is 336 g/mol. The lowest BCUT2D eigenvalue weighted by Gasteiger charge is -2.06. The molecule has 0 N–H and O–H groups in total. The van der Waals surface area contributed by atoms with Crippen molar-refractivity contribution in [1.29, 1.82) is 0 Å². The molecule has 0 atom stereocenters. The van der Waals surface area contributed by atoms with Crippen LogP contribution in [0.1, 0.15) is 11.3 Å². The van der Waals surface area contributed by atoms with Crippen LogP contribution in [0, 0.1) is 0 Å². The first-order valence-corrected chi connectivity index (χ1v) is 7.68. The van der Waals surface area contributed by atoms with E-state index in [1.54, 1.807) is 0 Å². The van der Waals surface area contributed by atoms with E-state index >= 15 is 0 Å². The van der Waals surface area contributed by atoms with Crippen molar-refractivity contribution >= 4 is 11.8 Å². The van der Waals surface area contributed by atoms with E-state index in [1.165, 1.54) is 17.8 Å². The molecule has 0 aliphatic rings. The Morgan fingerprint density at radius 1 is 1.04 bits per heavy atom. The van der Waals surface area contributed by atoms with Crippen molar-refractivity contribution in [3.8, 4) is 11.3 Å². The van der Waals surface area contributed by atoms with E-state index in [4.69, 9.17) is 4.52 Å². The van der Waals surface area contributed by atoms with Gasteiger partial charge in [0.2, 0.25) is 0 Å². The molecule has 0 unspecified atom stereocenters. The normalized spacial score (nSPS) is 11.6. The van der Waals surface area contributed by atoms with E-state index in [0.29, 0.717) is 16.5 Å². The predicted octanol–water partition coefficient (Wildman–Crippen LogP) is 5.05. The molecule has 1 aromatic carbocycles. The number of alkyl halides is 3. The SMILES string of the molecule is FC(F)(F)c1ccc(SCc2cc(-c3ccccc3)no2)nc1. The summed E-state index contributed by atoms with van der Waals surface area (Å²) in [5, 5.41) is 4.48. The van der Waals surface area contributed by atoms with E-state index < -0.39 is 11.7 Å². The number of aromatic nitrogens is 2. The third kappa shape index (κ3) is 3.92. The van der Waals surface area contributed by atoms with Crippen molar-refractivity contribution in [2.45, 2.75) is 17.0 Å². The summed E-state index contributed by atoms with van der Waals surface area (Å²) >= 11 is 1.29. The third-order valence-corrected chi connectivity index (χ3v) is 4.02. The summed E-state index contributed by atoms with van der Waals surface area (Å²) in [4.78, 5) is 3.81. The molecule has 0 amide bonds. The highest BCUT2D eigenvalue weighted by atomic mass is 32.2. The Bertz CT molecular complexity index is 770. The van der Waals surface area contributed by atoms with E-state index in [-0.39, 0.29) is 0 Å². The number of hydrogen-bond donors (Lipinski definition) is 0. The first-order chi connectivity index (χ1) is 11.0. The Kier molecular flexibility index (Phi) is 4.38. The summed E-state index contributed by atoms with van der Waals surface area (Å²) in [6.07, 6.45) is -3.54. The summed E-state index contributed by atoms with van der Waals surface area (Å²) < 4.78 is 42.6. The number of hydrogen-bond acceptors (Lipinski definition) is 4. The molecule has 23 heavy (non-hydrogen) atoms. The molecule has 0 aliphatic heterocycles. The highest BCUT2D eigenvalue weighted by Crippen LogP contribution is 2.30. The minimum Gasteiger partial charge on any atom is -0.360 e. The zero-order chi connectivity index (χ0) is 16.3. The fourth-order valence-electron chi connectivity index (χ4n) is 1.90. The Morgan fingerprint density at radius 2 is 1.83 bits per heavy atom. The van der Waals surface area contributed by atoms with Crippen LogP contribution in [-0.4, -0.2) is 10.1 Å². The maximum absolute atomic E-state index is 12.5. The smallest absolute Gasteiger partial charge is 0.360 e. The molecule has 0 fully saturated rings. The maximum Gasteiger partial charge on any atom is 0.417 e. The number of thioether (sulfide) groups is 1. The Morgan fingerprint density at radius 3 is 2.48 bits per heavy atom. The molecular weight excluding hydrogens is 325 g/mol. The maximum atomic E-state index is 12.5. The van der Waals surface area contributed by atoms with E-state index in [1.807, 2.05) is 36.4 Å². The average Bonchev–Trinajstić information content (AvgIpc) is 3.02. The molecule has 0 radical (unpaired) electrons. The zero-order valence-electron chi connectivity index (χ0n) is 11.7. The molecule has 3 nitrogen and oxygen atoms in total. The van der Waals surface area contributed by atoms with Crippen molar-refractivity contribution in [3.63, 3.8) is 0 Å². The second-order valence-corrected chi connectivity index (χ2v) is 5.71. The molecule has 3 rings (SSSR count). The van der Waals surface area contributed by atoms with Gasteiger partial charge in [-0.2, -0.15) is 13.2 Å². The van der Waals surface area contributed by atoms with Gasteiger partial charge in [-0.1, -0.05) is 47.3 Å². The molecular formula is C16H11F3N2OS. The first kappa shape index (κ1) is 15.6. The van der Waals surface area contributed by atoms with Gasteiger partial charge in [-0.05, 0) is 12.1 Å². The van der Waals surface area contributed by atoms with Gasteiger partial charge < -0.3 is 4.52 Å². The molecule has 0 saturated carbocycles. The van der Waals surface area contributed by atoms with Gasteiger partial charge in [0.15, 0.2) is 0 Å². The van der Waals surface area contributed by atoms with E-state index in [0.717, 1.165) is 23.5 Å². The van der Waals surface area contributed by atoms with Crippen molar-refractivity contribution < 1.29 is 17.7 Å². The summed E-state index contributed by atoms with van der Waals surface area (Å²) in [7, 11) is 0. The Labute approximate surface area is 134 Å². The second kappa shape index (κ2) is 6.45. The summed E-state index contributed by atoms with van der Waals surface area (Å²) in [5.74, 6) is 1.08. The third-order valence-electron chi connectivity index (χ3n) is 3.05. The van der Waals surface area contributed by atoms with Gasteiger partial charge in [0.1, 0.15) is 11.5 Å². The number of rotatable bonds is 4. The molecule has 118 valence electrons. The molecule has 7 heteroatoms. The van der Waals surface area contributed by atoms with Crippen LogP contribution in [-0.2, 0) is 11.9 Å². The van der Waals surface area contributed by atoms with Crippen molar-refractivity contribution in [2.75, 3.05) is 0 Å². The van der Waals surface area contributed by atoms with Gasteiger partial charge >= 0.3 is 6.18 Å². The standard InChI is InChI=1S/C16H11F3N2OS/c17-16(18,19)12-6-7-15(20-9-12)23-10-13-8-14(21-22-13)11-4-2-1-3-5-11/h1-9H,10H2. The van der Waals surface area contributed by atoms with Crippen molar-refractivity contribution in [3.05, 3.63) is 66.1 Å². The van der Waals surface area contributed by atoms with Crippen molar-refractivity contribution in [1.82, 2.24) is 10.1 Å². The highest BCUT2D eigenvalue weighted by molar-refractivity contribution is 7.98. The van der Waals surface area contributed by atoms with Crippen LogP contribution >= 0.6 is 11.8 Å². The molecule has 2 heterocycles. The predicted molar refractivity (Wildman–Crippen MR) is 80.7 cm³/mol. The Hall–Kier alpha value is -2.28. The fourth-order valence-corrected chi connectivity index (χ4v) is 2.62. The van der Waals surface area contributed by atoms with Crippen LogP contribution in [0.15, 0.2) is 64.3 Å². The molecule has 0 spiro atoms. The summed E-state index contributed by atoms with van der Waals surface area (Å²) in [6.45, 7) is 0. The first-order valence-electron chi connectivity index (χ1n) is 6.69.